The van der Waals surface area contributed by atoms with Crippen LogP contribution in [0.3, 0.4) is 0 Å². The van der Waals surface area contributed by atoms with Crippen molar-refractivity contribution in [1.82, 2.24) is 14.8 Å². The van der Waals surface area contributed by atoms with Gasteiger partial charge in [0.2, 0.25) is 0 Å². The molecule has 0 spiro atoms. The van der Waals surface area contributed by atoms with Crippen molar-refractivity contribution in [2.45, 2.75) is 23.9 Å². The van der Waals surface area contributed by atoms with Crippen molar-refractivity contribution in [3.05, 3.63) is 105 Å². The van der Waals surface area contributed by atoms with Crippen LogP contribution in [0.4, 0.5) is 5.69 Å². The summed E-state index contributed by atoms with van der Waals surface area (Å²) in [5.41, 5.74) is 3.54. The number of fused-ring (bicyclic) bond motifs is 1. The van der Waals surface area contributed by atoms with E-state index in [4.69, 9.17) is 9.47 Å². The fourth-order valence-electron chi connectivity index (χ4n) is 3.76. The molecule has 4 aromatic rings. The minimum absolute atomic E-state index is 0.0211. The molecule has 0 aliphatic carbocycles. The first-order valence-corrected chi connectivity index (χ1v) is 11.3. The number of hydrogen-bond acceptors (Lipinski definition) is 7. The summed E-state index contributed by atoms with van der Waals surface area (Å²) in [6, 6.07) is 23.1. The van der Waals surface area contributed by atoms with E-state index in [1.165, 1.54) is 17.8 Å². The summed E-state index contributed by atoms with van der Waals surface area (Å²) in [5.74, 6) is 1.91. The summed E-state index contributed by atoms with van der Waals surface area (Å²) in [7, 11) is 0. The number of nitro benzene ring substituents is 1. The summed E-state index contributed by atoms with van der Waals surface area (Å²) in [6.45, 7) is 0.417. The highest BCUT2D eigenvalue weighted by atomic mass is 32.2. The average molecular weight is 461 g/mol. The third-order valence-electron chi connectivity index (χ3n) is 5.26. The molecule has 0 N–H and O–H groups in total. The molecule has 166 valence electrons. The van der Waals surface area contributed by atoms with E-state index in [0.717, 1.165) is 22.6 Å². The van der Waals surface area contributed by atoms with Gasteiger partial charge in [0.25, 0.3) is 5.69 Å². The van der Waals surface area contributed by atoms with Crippen molar-refractivity contribution in [3.8, 4) is 11.4 Å². The molecule has 0 amide bonds. The maximum absolute atomic E-state index is 11.4. The van der Waals surface area contributed by atoms with Crippen LogP contribution >= 0.6 is 11.8 Å². The number of nitro groups is 1. The summed E-state index contributed by atoms with van der Waals surface area (Å²) in [4.78, 5) is 11.0. The topological polar surface area (TPSA) is 92.3 Å². The van der Waals surface area contributed by atoms with Crippen LogP contribution in [0.15, 0.2) is 78.0 Å². The molecule has 0 atom stereocenters. The number of benzene rings is 3. The largest absolute Gasteiger partial charge is 0.467 e. The molecular weight excluding hydrogens is 440 g/mol. The lowest BCUT2D eigenvalue weighted by Gasteiger charge is -2.20. The number of aromatic nitrogens is 3. The summed E-state index contributed by atoms with van der Waals surface area (Å²) >= 11 is 1.47. The number of thioether (sulfide) groups is 1. The van der Waals surface area contributed by atoms with Crippen molar-refractivity contribution in [3.63, 3.8) is 0 Å². The van der Waals surface area contributed by atoms with E-state index in [0.29, 0.717) is 28.6 Å². The molecule has 33 heavy (non-hydrogen) atoms. The van der Waals surface area contributed by atoms with E-state index in [1.807, 2.05) is 53.1 Å². The lowest BCUT2D eigenvalue weighted by atomic mass is 10.1. The quantitative estimate of drug-likeness (QED) is 0.219. The van der Waals surface area contributed by atoms with E-state index >= 15 is 0 Å². The molecule has 5 rings (SSSR count). The third kappa shape index (κ3) is 4.59. The molecule has 2 heterocycles. The van der Waals surface area contributed by atoms with Gasteiger partial charge in [0.15, 0.2) is 11.9 Å². The van der Waals surface area contributed by atoms with Crippen molar-refractivity contribution in [2.75, 3.05) is 6.79 Å². The summed E-state index contributed by atoms with van der Waals surface area (Å²) in [5, 5.41) is 21.0. The minimum Gasteiger partial charge on any atom is -0.467 e. The van der Waals surface area contributed by atoms with Gasteiger partial charge in [0, 0.05) is 41.1 Å². The molecule has 0 bridgehead atoms. The van der Waals surface area contributed by atoms with Gasteiger partial charge < -0.3 is 9.47 Å². The lowest BCUT2D eigenvalue weighted by molar-refractivity contribution is -0.385. The second kappa shape index (κ2) is 9.43. The Labute approximate surface area is 194 Å². The molecule has 1 aromatic heterocycles. The van der Waals surface area contributed by atoms with Gasteiger partial charge in [-0.1, -0.05) is 60.3 Å². The lowest BCUT2D eigenvalue weighted by Crippen LogP contribution is -2.13. The van der Waals surface area contributed by atoms with Crippen molar-refractivity contribution in [1.29, 1.82) is 0 Å². The Morgan fingerprint density at radius 3 is 2.55 bits per heavy atom. The Bertz CT molecular complexity index is 1280. The fourth-order valence-corrected chi connectivity index (χ4v) is 4.70. The molecule has 0 unspecified atom stereocenters. The monoisotopic (exact) mass is 460 g/mol. The Morgan fingerprint density at radius 2 is 1.79 bits per heavy atom. The standard InChI is InChI=1S/C24H20N4O4S/c29-28(30)21-12-18-14-31-16-32-23(18)19(13-21)15-33-24-26-25-22(11-17-7-3-1-4-8-17)27(24)20-9-5-2-6-10-20/h1-10,12-13H,11,14-16H2. The molecule has 3 aromatic carbocycles. The van der Waals surface area contributed by atoms with Crippen LogP contribution < -0.4 is 4.74 Å². The molecule has 9 heteroatoms. The highest BCUT2D eigenvalue weighted by Crippen LogP contribution is 2.36. The predicted molar refractivity (Wildman–Crippen MR) is 124 cm³/mol. The zero-order chi connectivity index (χ0) is 22.6. The van der Waals surface area contributed by atoms with Crippen LogP contribution in [0.25, 0.3) is 5.69 Å². The van der Waals surface area contributed by atoms with Crippen molar-refractivity contribution < 1.29 is 14.4 Å². The maximum Gasteiger partial charge on any atom is 0.270 e. The SMILES string of the molecule is O=[N+]([O-])c1cc2c(c(CSc3nnc(Cc4ccccc4)n3-c3ccccc3)c1)OCOC2. The third-order valence-corrected chi connectivity index (χ3v) is 6.24. The van der Waals surface area contributed by atoms with Gasteiger partial charge in [-0.15, -0.1) is 10.2 Å². The van der Waals surface area contributed by atoms with E-state index in [9.17, 15) is 10.1 Å². The Hall–Kier alpha value is -3.69. The van der Waals surface area contributed by atoms with E-state index in [1.54, 1.807) is 6.07 Å². The first kappa shape index (κ1) is 21.2. The number of hydrogen-bond donors (Lipinski definition) is 0. The zero-order valence-corrected chi connectivity index (χ0v) is 18.4. The number of nitrogens with zero attached hydrogens (tertiary/aromatic N) is 4. The van der Waals surface area contributed by atoms with Gasteiger partial charge >= 0.3 is 0 Å². The normalized spacial score (nSPS) is 12.7. The van der Waals surface area contributed by atoms with Crippen LogP contribution in [0, 0.1) is 10.1 Å². The van der Waals surface area contributed by atoms with Gasteiger partial charge in [-0.05, 0) is 17.7 Å². The molecule has 1 aliphatic heterocycles. The average Bonchev–Trinajstić information content (AvgIpc) is 3.25. The molecule has 0 saturated heterocycles. The Balaban J connectivity index is 1.48. The van der Waals surface area contributed by atoms with Crippen molar-refractivity contribution >= 4 is 17.4 Å². The smallest absolute Gasteiger partial charge is 0.270 e. The molecule has 0 radical (unpaired) electrons. The summed E-state index contributed by atoms with van der Waals surface area (Å²) in [6.07, 6.45) is 0.635. The molecular formula is C24H20N4O4S. The van der Waals surface area contributed by atoms with Gasteiger partial charge in [0.1, 0.15) is 11.6 Å². The van der Waals surface area contributed by atoms with Gasteiger partial charge in [-0.2, -0.15) is 0 Å². The van der Waals surface area contributed by atoms with E-state index in [2.05, 4.69) is 22.3 Å². The number of rotatable bonds is 7. The van der Waals surface area contributed by atoms with Crippen LogP contribution in [0.1, 0.15) is 22.5 Å². The van der Waals surface area contributed by atoms with Crippen LogP contribution in [0.2, 0.25) is 0 Å². The maximum atomic E-state index is 11.4. The first-order chi connectivity index (χ1) is 16.2. The van der Waals surface area contributed by atoms with Gasteiger partial charge in [-0.3, -0.25) is 14.7 Å². The summed E-state index contributed by atoms with van der Waals surface area (Å²) < 4.78 is 13.0. The van der Waals surface area contributed by atoms with Crippen LogP contribution in [-0.4, -0.2) is 26.5 Å². The number of para-hydroxylation sites is 1. The highest BCUT2D eigenvalue weighted by Gasteiger charge is 2.22. The minimum atomic E-state index is -0.395. The van der Waals surface area contributed by atoms with Gasteiger partial charge in [-0.25, -0.2) is 0 Å². The molecule has 0 saturated carbocycles. The first-order valence-electron chi connectivity index (χ1n) is 10.4. The van der Waals surface area contributed by atoms with Gasteiger partial charge in [0.05, 0.1) is 11.5 Å². The van der Waals surface area contributed by atoms with E-state index < -0.39 is 4.92 Å². The Morgan fingerprint density at radius 1 is 1.03 bits per heavy atom. The predicted octanol–water partition coefficient (Wildman–Crippen LogP) is 4.93. The zero-order valence-electron chi connectivity index (χ0n) is 17.6. The number of ether oxygens (including phenoxy) is 2. The molecule has 8 nitrogen and oxygen atoms in total. The molecule has 0 fully saturated rings. The second-order valence-electron chi connectivity index (χ2n) is 7.48. The number of non-ortho nitro benzene ring substituents is 1. The second-order valence-corrected chi connectivity index (χ2v) is 8.42. The Kier molecular flexibility index (Phi) is 6.05. The van der Waals surface area contributed by atoms with Crippen molar-refractivity contribution in [2.24, 2.45) is 0 Å². The van der Waals surface area contributed by atoms with Crippen LogP contribution in [-0.2, 0) is 23.5 Å². The highest BCUT2D eigenvalue weighted by molar-refractivity contribution is 7.98. The van der Waals surface area contributed by atoms with E-state index in [-0.39, 0.29) is 19.1 Å². The fraction of sp³-hybridized carbons (Fsp3) is 0.167. The van der Waals surface area contributed by atoms with Crippen LogP contribution in [0.5, 0.6) is 5.75 Å². The molecule has 1 aliphatic rings.